The maximum absolute atomic E-state index is 12.1. The van der Waals surface area contributed by atoms with E-state index < -0.39 is 12.1 Å². The van der Waals surface area contributed by atoms with Crippen LogP contribution in [0.25, 0.3) is 11.4 Å². The highest BCUT2D eigenvalue weighted by atomic mass is 16.6. The summed E-state index contributed by atoms with van der Waals surface area (Å²) >= 11 is 0. The second-order valence-electron chi connectivity index (χ2n) is 8.07. The molecule has 0 radical (unpaired) electrons. The fourth-order valence-electron chi connectivity index (χ4n) is 3.74. The topological polar surface area (TPSA) is 133 Å². The van der Waals surface area contributed by atoms with Crippen LogP contribution in [0, 0.1) is 12.8 Å². The van der Waals surface area contributed by atoms with Crippen LogP contribution < -0.4 is 4.74 Å². The van der Waals surface area contributed by atoms with Crippen LogP contribution in [-0.4, -0.2) is 66.7 Å². The summed E-state index contributed by atoms with van der Waals surface area (Å²) in [5.74, 6) is -0.793. The van der Waals surface area contributed by atoms with Crippen molar-refractivity contribution >= 4 is 12.1 Å². The van der Waals surface area contributed by atoms with Crippen LogP contribution >= 0.6 is 0 Å². The zero-order valence-corrected chi connectivity index (χ0v) is 18.9. The molecule has 1 aliphatic carbocycles. The van der Waals surface area contributed by atoms with Crippen molar-refractivity contribution in [1.29, 1.82) is 0 Å². The Morgan fingerprint density at radius 3 is 2.81 bits per heavy atom. The molecule has 0 saturated heterocycles. The van der Waals surface area contributed by atoms with Crippen LogP contribution in [0.1, 0.15) is 50.4 Å². The SMILES string of the molecule is CCCN(C)C(=O)OCc1c(-c2cnc(OC3CCC[C@H](C(=O)O)C3)c(C)n2)nnn1C. The number of aromatic nitrogens is 5. The number of rotatable bonds is 8. The number of aryl methyl sites for hydroxylation is 2. The first-order valence-electron chi connectivity index (χ1n) is 10.8. The number of amides is 1. The molecule has 2 heterocycles. The van der Waals surface area contributed by atoms with Gasteiger partial charge in [-0.2, -0.15) is 0 Å². The fraction of sp³-hybridized carbons (Fsp3) is 0.619. The molecule has 1 amide bonds. The number of nitrogens with zero attached hydrogens (tertiary/aromatic N) is 6. The number of carboxylic acid groups (broad SMARTS) is 1. The number of carbonyl (C=O) groups excluding carboxylic acids is 1. The predicted octanol–water partition coefficient (Wildman–Crippen LogP) is 2.58. The van der Waals surface area contributed by atoms with E-state index in [4.69, 9.17) is 9.47 Å². The van der Waals surface area contributed by atoms with Crippen LogP contribution in [0.4, 0.5) is 4.79 Å². The average molecular weight is 447 g/mol. The van der Waals surface area contributed by atoms with Crippen LogP contribution in [0.2, 0.25) is 0 Å². The van der Waals surface area contributed by atoms with Crippen molar-refractivity contribution in [3.05, 3.63) is 17.6 Å². The Kier molecular flexibility index (Phi) is 7.60. The van der Waals surface area contributed by atoms with Crippen molar-refractivity contribution < 1.29 is 24.2 Å². The quantitative estimate of drug-likeness (QED) is 0.649. The lowest BCUT2D eigenvalue weighted by atomic mass is 9.87. The Bertz CT molecular complexity index is 962. The van der Waals surface area contributed by atoms with Crippen LogP contribution in [0.3, 0.4) is 0 Å². The maximum Gasteiger partial charge on any atom is 0.409 e. The molecule has 32 heavy (non-hydrogen) atoms. The van der Waals surface area contributed by atoms with Gasteiger partial charge in [0.25, 0.3) is 0 Å². The first-order valence-corrected chi connectivity index (χ1v) is 10.8. The second kappa shape index (κ2) is 10.4. The summed E-state index contributed by atoms with van der Waals surface area (Å²) in [5.41, 5.74) is 2.13. The third-order valence-electron chi connectivity index (χ3n) is 5.54. The molecule has 1 saturated carbocycles. The van der Waals surface area contributed by atoms with E-state index in [-0.39, 0.29) is 18.6 Å². The number of ether oxygens (including phenoxy) is 2. The van der Waals surface area contributed by atoms with Crippen molar-refractivity contribution in [1.82, 2.24) is 29.9 Å². The van der Waals surface area contributed by atoms with Gasteiger partial charge in [0, 0.05) is 20.6 Å². The molecule has 11 heteroatoms. The van der Waals surface area contributed by atoms with Gasteiger partial charge >= 0.3 is 12.1 Å². The highest BCUT2D eigenvalue weighted by molar-refractivity contribution is 5.70. The van der Waals surface area contributed by atoms with Gasteiger partial charge in [-0.15, -0.1) is 5.10 Å². The minimum atomic E-state index is -0.784. The summed E-state index contributed by atoms with van der Waals surface area (Å²) in [7, 11) is 3.40. The van der Waals surface area contributed by atoms with Gasteiger partial charge in [-0.3, -0.25) is 4.79 Å². The molecule has 0 spiro atoms. The highest BCUT2D eigenvalue weighted by Gasteiger charge is 2.29. The molecule has 2 aromatic rings. The summed E-state index contributed by atoms with van der Waals surface area (Å²) < 4.78 is 12.9. The zero-order valence-electron chi connectivity index (χ0n) is 18.9. The summed E-state index contributed by atoms with van der Waals surface area (Å²) in [6.07, 6.45) is 4.49. The molecule has 1 N–H and O–H groups in total. The van der Waals surface area contributed by atoms with E-state index in [0.717, 1.165) is 19.3 Å². The van der Waals surface area contributed by atoms with Gasteiger partial charge in [-0.1, -0.05) is 12.1 Å². The van der Waals surface area contributed by atoms with Crippen molar-refractivity contribution in [3.8, 4) is 17.3 Å². The van der Waals surface area contributed by atoms with E-state index >= 15 is 0 Å². The van der Waals surface area contributed by atoms with Crippen molar-refractivity contribution in [2.75, 3.05) is 13.6 Å². The van der Waals surface area contributed by atoms with Gasteiger partial charge in [0.05, 0.1) is 12.1 Å². The van der Waals surface area contributed by atoms with Gasteiger partial charge in [0.1, 0.15) is 35.5 Å². The normalized spacial score (nSPS) is 18.2. The molecule has 1 unspecified atom stereocenters. The zero-order chi connectivity index (χ0) is 23.3. The molecule has 1 aliphatic rings. The molecule has 2 atom stereocenters. The molecule has 0 bridgehead atoms. The predicted molar refractivity (Wildman–Crippen MR) is 114 cm³/mol. The maximum atomic E-state index is 12.1. The third kappa shape index (κ3) is 5.51. The van der Waals surface area contributed by atoms with Crippen molar-refractivity contribution in [2.24, 2.45) is 13.0 Å². The van der Waals surface area contributed by atoms with E-state index in [2.05, 4.69) is 20.3 Å². The minimum Gasteiger partial charge on any atom is -0.481 e. The Hall–Kier alpha value is -3.24. The Balaban J connectivity index is 1.71. The van der Waals surface area contributed by atoms with E-state index in [1.165, 1.54) is 9.58 Å². The molecular formula is C21H30N6O5. The number of carbonyl (C=O) groups is 2. The standard InChI is InChI=1S/C21H30N6O5/c1-5-9-26(3)21(30)31-12-17-18(24-25-27(17)4)16-11-22-19(13(2)23-16)32-15-8-6-7-14(10-15)20(28)29/h11,14-15H,5-10,12H2,1-4H3,(H,28,29)/t14-,15?/m0/s1. The molecule has 0 aromatic carbocycles. The van der Waals surface area contributed by atoms with E-state index in [1.54, 1.807) is 27.2 Å². The number of carboxylic acids is 1. The minimum absolute atomic E-state index is 0.00332. The molecule has 3 rings (SSSR count). The Labute approximate surface area is 186 Å². The molecule has 2 aromatic heterocycles. The summed E-state index contributed by atoms with van der Waals surface area (Å²) in [4.78, 5) is 33.9. The van der Waals surface area contributed by atoms with Crippen molar-refractivity contribution in [3.63, 3.8) is 0 Å². The highest BCUT2D eigenvalue weighted by Crippen LogP contribution is 2.29. The summed E-state index contributed by atoms with van der Waals surface area (Å²) in [5, 5.41) is 17.5. The lowest BCUT2D eigenvalue weighted by Gasteiger charge is -2.27. The molecule has 174 valence electrons. The van der Waals surface area contributed by atoms with Crippen LogP contribution in [0.15, 0.2) is 6.20 Å². The third-order valence-corrected chi connectivity index (χ3v) is 5.54. The average Bonchev–Trinajstić information content (AvgIpc) is 3.14. The first-order chi connectivity index (χ1) is 15.3. The lowest BCUT2D eigenvalue weighted by molar-refractivity contribution is -0.143. The van der Waals surface area contributed by atoms with Gasteiger partial charge in [-0.25, -0.2) is 19.4 Å². The summed E-state index contributed by atoms with van der Waals surface area (Å²) in [6.45, 7) is 4.37. The van der Waals surface area contributed by atoms with E-state index in [0.29, 0.717) is 48.0 Å². The Morgan fingerprint density at radius 2 is 2.12 bits per heavy atom. The van der Waals surface area contributed by atoms with Gasteiger partial charge < -0.3 is 19.5 Å². The number of hydrogen-bond acceptors (Lipinski definition) is 8. The number of aliphatic carboxylic acids is 1. The molecule has 0 aliphatic heterocycles. The van der Waals surface area contributed by atoms with E-state index in [9.17, 15) is 14.7 Å². The van der Waals surface area contributed by atoms with E-state index in [1.807, 2.05) is 6.92 Å². The number of hydrogen-bond donors (Lipinski definition) is 1. The molecule has 11 nitrogen and oxygen atoms in total. The largest absolute Gasteiger partial charge is 0.481 e. The first kappa shape index (κ1) is 23.4. The second-order valence-corrected chi connectivity index (χ2v) is 8.07. The van der Waals surface area contributed by atoms with Crippen LogP contribution in [0.5, 0.6) is 5.88 Å². The monoisotopic (exact) mass is 446 g/mol. The van der Waals surface area contributed by atoms with Crippen molar-refractivity contribution in [2.45, 2.75) is 58.7 Å². The lowest BCUT2D eigenvalue weighted by Crippen LogP contribution is -2.30. The Morgan fingerprint density at radius 1 is 1.34 bits per heavy atom. The molecular weight excluding hydrogens is 416 g/mol. The fourth-order valence-corrected chi connectivity index (χ4v) is 3.74. The van der Waals surface area contributed by atoms with Crippen LogP contribution in [-0.2, 0) is 23.2 Å². The van der Waals surface area contributed by atoms with Gasteiger partial charge in [0.15, 0.2) is 0 Å². The molecule has 1 fully saturated rings. The van der Waals surface area contributed by atoms with Gasteiger partial charge in [0.2, 0.25) is 5.88 Å². The van der Waals surface area contributed by atoms with Gasteiger partial charge in [-0.05, 0) is 39.0 Å². The smallest absolute Gasteiger partial charge is 0.409 e. The summed E-state index contributed by atoms with van der Waals surface area (Å²) in [6, 6.07) is 0.